The summed E-state index contributed by atoms with van der Waals surface area (Å²) in [5, 5.41) is 13.2. The maximum absolute atomic E-state index is 9.94. The SMILES string of the molecule is CC[C@H](C)NC[C@@H](O)[C@@H](N)Cc1ccccc1. The van der Waals surface area contributed by atoms with Crippen molar-refractivity contribution in [1.82, 2.24) is 5.32 Å². The van der Waals surface area contributed by atoms with Crippen LogP contribution in [0.5, 0.6) is 0 Å². The first-order chi connectivity index (χ1) is 8.13. The molecular formula is C14H24N2O. The Kier molecular flexibility index (Phi) is 6.19. The summed E-state index contributed by atoms with van der Waals surface area (Å²) in [6.07, 6.45) is 1.27. The summed E-state index contributed by atoms with van der Waals surface area (Å²) in [6.45, 7) is 4.78. The molecule has 0 aromatic heterocycles. The molecule has 0 aliphatic carbocycles. The normalized spacial score (nSPS) is 16.5. The predicted octanol–water partition coefficient (Wildman–Crippen LogP) is 1.31. The number of benzene rings is 1. The maximum atomic E-state index is 9.94. The van der Waals surface area contributed by atoms with E-state index in [9.17, 15) is 5.11 Å². The number of aliphatic hydroxyl groups excluding tert-OH is 1. The molecule has 0 unspecified atom stereocenters. The minimum absolute atomic E-state index is 0.214. The summed E-state index contributed by atoms with van der Waals surface area (Å²) in [6, 6.07) is 10.2. The molecule has 0 amide bonds. The Labute approximate surface area is 104 Å². The van der Waals surface area contributed by atoms with E-state index >= 15 is 0 Å². The fourth-order valence-corrected chi connectivity index (χ4v) is 1.64. The van der Waals surface area contributed by atoms with Crippen LogP contribution in [0.15, 0.2) is 30.3 Å². The molecule has 1 rings (SSSR count). The Bertz CT molecular complexity index is 302. The Morgan fingerprint density at radius 1 is 1.29 bits per heavy atom. The topological polar surface area (TPSA) is 58.3 Å². The van der Waals surface area contributed by atoms with Crippen molar-refractivity contribution < 1.29 is 5.11 Å². The Hall–Kier alpha value is -0.900. The lowest BCUT2D eigenvalue weighted by molar-refractivity contribution is 0.138. The summed E-state index contributed by atoms with van der Waals surface area (Å²) in [4.78, 5) is 0. The summed E-state index contributed by atoms with van der Waals surface area (Å²) >= 11 is 0. The molecule has 1 aromatic rings. The van der Waals surface area contributed by atoms with Gasteiger partial charge in [0.15, 0.2) is 0 Å². The van der Waals surface area contributed by atoms with E-state index in [2.05, 4.69) is 19.2 Å². The van der Waals surface area contributed by atoms with Crippen LogP contribution >= 0.6 is 0 Å². The largest absolute Gasteiger partial charge is 0.390 e. The van der Waals surface area contributed by atoms with Gasteiger partial charge in [-0.05, 0) is 25.3 Å². The lowest BCUT2D eigenvalue weighted by Crippen LogP contribution is -2.45. The van der Waals surface area contributed by atoms with Crippen LogP contribution in [0.2, 0.25) is 0 Å². The van der Waals surface area contributed by atoms with Gasteiger partial charge in [0.05, 0.1) is 6.10 Å². The van der Waals surface area contributed by atoms with Gasteiger partial charge in [-0.3, -0.25) is 0 Å². The molecule has 3 nitrogen and oxygen atoms in total. The van der Waals surface area contributed by atoms with Crippen molar-refractivity contribution in [3.8, 4) is 0 Å². The van der Waals surface area contributed by atoms with Crippen molar-refractivity contribution in [2.24, 2.45) is 5.73 Å². The average molecular weight is 236 g/mol. The lowest BCUT2D eigenvalue weighted by atomic mass is 10.0. The van der Waals surface area contributed by atoms with Crippen LogP contribution in [0.1, 0.15) is 25.8 Å². The van der Waals surface area contributed by atoms with Gasteiger partial charge in [0.25, 0.3) is 0 Å². The molecule has 0 heterocycles. The Morgan fingerprint density at radius 2 is 1.94 bits per heavy atom. The molecule has 0 saturated heterocycles. The molecule has 4 N–H and O–H groups in total. The summed E-state index contributed by atoms with van der Waals surface area (Å²) in [5.74, 6) is 0. The molecule has 0 radical (unpaired) electrons. The van der Waals surface area contributed by atoms with Gasteiger partial charge >= 0.3 is 0 Å². The van der Waals surface area contributed by atoms with E-state index in [-0.39, 0.29) is 6.04 Å². The van der Waals surface area contributed by atoms with E-state index in [1.54, 1.807) is 0 Å². The fraction of sp³-hybridized carbons (Fsp3) is 0.571. The number of nitrogens with one attached hydrogen (secondary N) is 1. The van der Waals surface area contributed by atoms with Crippen molar-refractivity contribution >= 4 is 0 Å². The van der Waals surface area contributed by atoms with Crippen molar-refractivity contribution in [1.29, 1.82) is 0 Å². The van der Waals surface area contributed by atoms with Crippen LogP contribution < -0.4 is 11.1 Å². The van der Waals surface area contributed by atoms with Gasteiger partial charge in [-0.2, -0.15) is 0 Å². The molecule has 3 atom stereocenters. The maximum Gasteiger partial charge on any atom is 0.0818 e. The summed E-state index contributed by atoms with van der Waals surface area (Å²) < 4.78 is 0. The van der Waals surface area contributed by atoms with Crippen LogP contribution in [0.3, 0.4) is 0 Å². The zero-order chi connectivity index (χ0) is 12.7. The first-order valence-corrected chi connectivity index (χ1v) is 6.34. The third-order valence-corrected chi connectivity index (χ3v) is 3.10. The highest BCUT2D eigenvalue weighted by Gasteiger charge is 2.15. The second-order valence-corrected chi connectivity index (χ2v) is 4.64. The molecule has 96 valence electrons. The second kappa shape index (κ2) is 7.43. The predicted molar refractivity (Wildman–Crippen MR) is 71.9 cm³/mol. The molecule has 3 heteroatoms. The molecule has 0 aliphatic heterocycles. The molecule has 1 aromatic carbocycles. The van der Waals surface area contributed by atoms with E-state index in [0.717, 1.165) is 6.42 Å². The molecule has 0 saturated carbocycles. The van der Waals surface area contributed by atoms with Gasteiger partial charge < -0.3 is 16.2 Å². The number of aliphatic hydroxyl groups is 1. The number of hydrogen-bond donors (Lipinski definition) is 3. The van der Waals surface area contributed by atoms with E-state index in [0.29, 0.717) is 19.0 Å². The van der Waals surface area contributed by atoms with E-state index in [4.69, 9.17) is 5.73 Å². The highest BCUT2D eigenvalue weighted by Crippen LogP contribution is 2.04. The van der Waals surface area contributed by atoms with Crippen LogP contribution in [-0.2, 0) is 6.42 Å². The van der Waals surface area contributed by atoms with E-state index in [1.807, 2.05) is 30.3 Å². The summed E-state index contributed by atoms with van der Waals surface area (Å²) in [5.41, 5.74) is 7.16. The van der Waals surface area contributed by atoms with Gasteiger partial charge in [0, 0.05) is 18.6 Å². The van der Waals surface area contributed by atoms with Crippen LogP contribution in [0.4, 0.5) is 0 Å². The molecule has 0 fully saturated rings. The quantitative estimate of drug-likeness (QED) is 0.669. The molecule has 0 aliphatic rings. The highest BCUT2D eigenvalue weighted by molar-refractivity contribution is 5.16. The third kappa shape index (κ3) is 5.31. The first-order valence-electron chi connectivity index (χ1n) is 6.34. The highest BCUT2D eigenvalue weighted by atomic mass is 16.3. The lowest BCUT2D eigenvalue weighted by Gasteiger charge is -2.21. The van der Waals surface area contributed by atoms with Crippen LogP contribution in [0.25, 0.3) is 0 Å². The summed E-state index contributed by atoms with van der Waals surface area (Å²) in [7, 11) is 0. The average Bonchev–Trinajstić information content (AvgIpc) is 2.36. The molecule has 17 heavy (non-hydrogen) atoms. The minimum atomic E-state index is -0.496. The molecule has 0 spiro atoms. The van der Waals surface area contributed by atoms with Crippen molar-refractivity contribution in [3.05, 3.63) is 35.9 Å². The van der Waals surface area contributed by atoms with Crippen molar-refractivity contribution in [2.75, 3.05) is 6.54 Å². The van der Waals surface area contributed by atoms with Crippen LogP contribution in [-0.4, -0.2) is 29.8 Å². The second-order valence-electron chi connectivity index (χ2n) is 4.64. The van der Waals surface area contributed by atoms with Gasteiger partial charge in [-0.25, -0.2) is 0 Å². The Balaban J connectivity index is 2.34. The van der Waals surface area contributed by atoms with Crippen molar-refractivity contribution in [3.63, 3.8) is 0 Å². The standard InChI is InChI=1S/C14H24N2O/c1-3-11(2)16-10-14(17)13(15)9-12-7-5-4-6-8-12/h4-8,11,13-14,16-17H,3,9-10,15H2,1-2H3/t11-,13-,14+/m0/s1. The van der Waals surface area contributed by atoms with Gasteiger partial charge in [0.2, 0.25) is 0 Å². The van der Waals surface area contributed by atoms with E-state index in [1.165, 1.54) is 5.56 Å². The zero-order valence-corrected chi connectivity index (χ0v) is 10.8. The Morgan fingerprint density at radius 3 is 2.53 bits per heavy atom. The first kappa shape index (κ1) is 14.2. The zero-order valence-electron chi connectivity index (χ0n) is 10.8. The monoisotopic (exact) mass is 236 g/mol. The van der Waals surface area contributed by atoms with Crippen molar-refractivity contribution in [2.45, 2.75) is 44.9 Å². The molecule has 0 bridgehead atoms. The fourth-order valence-electron chi connectivity index (χ4n) is 1.64. The van der Waals surface area contributed by atoms with Gasteiger partial charge in [-0.15, -0.1) is 0 Å². The molecular weight excluding hydrogens is 212 g/mol. The third-order valence-electron chi connectivity index (χ3n) is 3.10. The van der Waals surface area contributed by atoms with Gasteiger partial charge in [0.1, 0.15) is 0 Å². The van der Waals surface area contributed by atoms with Gasteiger partial charge in [-0.1, -0.05) is 37.3 Å². The smallest absolute Gasteiger partial charge is 0.0818 e. The number of nitrogens with two attached hydrogens (primary N) is 1. The van der Waals surface area contributed by atoms with Crippen LogP contribution in [0, 0.1) is 0 Å². The minimum Gasteiger partial charge on any atom is -0.390 e. The number of hydrogen-bond acceptors (Lipinski definition) is 3. The van der Waals surface area contributed by atoms with E-state index < -0.39 is 6.10 Å². The number of rotatable bonds is 7.